The lowest BCUT2D eigenvalue weighted by Gasteiger charge is -2.21. The van der Waals surface area contributed by atoms with E-state index in [4.69, 9.17) is 9.72 Å². The molecule has 0 bridgehead atoms. The number of hydrogen-bond donors (Lipinski definition) is 1. The van der Waals surface area contributed by atoms with Gasteiger partial charge in [-0.25, -0.2) is 9.78 Å². The molecule has 0 radical (unpaired) electrons. The first-order valence-electron chi connectivity index (χ1n) is 10.1. The van der Waals surface area contributed by atoms with Gasteiger partial charge in [0, 0.05) is 33.7 Å². The number of thiophene rings is 1. The van der Waals surface area contributed by atoms with E-state index < -0.39 is 12.1 Å². The summed E-state index contributed by atoms with van der Waals surface area (Å²) in [6.45, 7) is 4.01. The van der Waals surface area contributed by atoms with Crippen LogP contribution in [0.3, 0.4) is 0 Å². The molecule has 0 fully saturated rings. The molecule has 1 unspecified atom stereocenters. The lowest BCUT2D eigenvalue weighted by atomic mass is 9.88. The minimum absolute atomic E-state index is 0.310. The average molecular weight is 440 g/mol. The molecule has 6 nitrogen and oxygen atoms in total. The zero-order valence-electron chi connectivity index (χ0n) is 16.8. The lowest BCUT2D eigenvalue weighted by molar-refractivity contribution is -0.150. The molecule has 3 aromatic heterocycles. The molecule has 0 amide bonds. The fourth-order valence-electron chi connectivity index (χ4n) is 4.42. The van der Waals surface area contributed by atoms with Gasteiger partial charge in [-0.1, -0.05) is 6.07 Å². The van der Waals surface area contributed by atoms with E-state index in [9.17, 15) is 9.90 Å². The smallest absolute Gasteiger partial charge is 0.337 e. The Morgan fingerprint density at radius 1 is 1.23 bits per heavy atom. The molecule has 5 rings (SSSR count). The van der Waals surface area contributed by atoms with Crippen LogP contribution in [0.2, 0.25) is 0 Å². The highest BCUT2D eigenvalue weighted by molar-refractivity contribution is 7.19. The van der Waals surface area contributed by atoms with Crippen LogP contribution in [0.25, 0.3) is 32.4 Å². The van der Waals surface area contributed by atoms with Gasteiger partial charge in [0.15, 0.2) is 6.10 Å². The molecule has 3 heterocycles. The maximum atomic E-state index is 12.2. The quantitative estimate of drug-likeness (QED) is 0.453. The van der Waals surface area contributed by atoms with Crippen molar-refractivity contribution in [3.05, 3.63) is 39.9 Å². The van der Waals surface area contributed by atoms with Crippen LogP contribution in [0.15, 0.2) is 18.2 Å². The van der Waals surface area contributed by atoms with Crippen molar-refractivity contribution in [3.63, 3.8) is 0 Å². The number of rotatable bonds is 5. The normalized spacial score (nSPS) is 14.9. The fraction of sp³-hybridized carbons (Fsp3) is 0.364. The first-order valence-corrected chi connectivity index (χ1v) is 11.6. The number of pyridine rings is 1. The lowest BCUT2D eigenvalue weighted by Crippen LogP contribution is -2.18. The second kappa shape index (κ2) is 7.68. The molecule has 4 aromatic rings. The van der Waals surface area contributed by atoms with Gasteiger partial charge in [0.1, 0.15) is 15.9 Å². The Balaban J connectivity index is 1.89. The highest BCUT2D eigenvalue weighted by Crippen LogP contribution is 2.45. The molecule has 30 heavy (non-hydrogen) atoms. The fourth-order valence-corrected chi connectivity index (χ4v) is 6.25. The van der Waals surface area contributed by atoms with Crippen LogP contribution < -0.4 is 0 Å². The van der Waals surface area contributed by atoms with Crippen molar-refractivity contribution in [1.29, 1.82) is 0 Å². The monoisotopic (exact) mass is 439 g/mol. The Labute approximate surface area is 181 Å². The number of benzene rings is 1. The van der Waals surface area contributed by atoms with Gasteiger partial charge in [-0.05, 0) is 62.8 Å². The Kier molecular flexibility index (Phi) is 5.00. The molecular weight excluding hydrogens is 418 g/mol. The Morgan fingerprint density at radius 3 is 2.83 bits per heavy atom. The molecule has 1 aliphatic carbocycles. The SMILES string of the molecule is CCOC(C(=O)O)c1c(C)nc2sc3c(c2c1-c1ccc2nsnc2c1)CCCC3. The summed E-state index contributed by atoms with van der Waals surface area (Å²) in [5, 5.41) is 11.1. The molecule has 0 aliphatic heterocycles. The molecule has 1 aliphatic rings. The third-order valence-electron chi connectivity index (χ3n) is 5.69. The van der Waals surface area contributed by atoms with Gasteiger partial charge in [-0.3, -0.25) is 0 Å². The number of nitrogens with zero attached hydrogens (tertiary/aromatic N) is 3. The van der Waals surface area contributed by atoms with Crippen molar-refractivity contribution in [2.75, 3.05) is 6.61 Å². The van der Waals surface area contributed by atoms with Crippen molar-refractivity contribution in [2.45, 2.75) is 45.6 Å². The number of aryl methyl sites for hydroxylation is 3. The zero-order chi connectivity index (χ0) is 20.8. The summed E-state index contributed by atoms with van der Waals surface area (Å²) in [4.78, 5) is 19.4. The van der Waals surface area contributed by atoms with Gasteiger partial charge in [0.2, 0.25) is 0 Å². The molecule has 1 N–H and O–H groups in total. The Bertz CT molecular complexity index is 1280. The van der Waals surface area contributed by atoms with Gasteiger partial charge in [0.05, 0.1) is 11.7 Å². The highest BCUT2D eigenvalue weighted by Gasteiger charge is 2.31. The molecule has 8 heteroatoms. The van der Waals surface area contributed by atoms with Gasteiger partial charge < -0.3 is 9.84 Å². The highest BCUT2D eigenvalue weighted by atomic mass is 32.1. The number of aliphatic carboxylic acids is 1. The number of ether oxygens (including phenoxy) is 1. The summed E-state index contributed by atoms with van der Waals surface area (Å²) >= 11 is 2.93. The summed E-state index contributed by atoms with van der Waals surface area (Å²) in [5.41, 5.74) is 6.20. The van der Waals surface area contributed by atoms with E-state index in [2.05, 4.69) is 8.75 Å². The third-order valence-corrected chi connectivity index (χ3v) is 7.44. The van der Waals surface area contributed by atoms with Crippen LogP contribution in [0, 0.1) is 6.92 Å². The second-order valence-electron chi connectivity index (χ2n) is 7.52. The predicted molar refractivity (Wildman–Crippen MR) is 119 cm³/mol. The molecule has 154 valence electrons. The van der Waals surface area contributed by atoms with E-state index >= 15 is 0 Å². The molecule has 0 spiro atoms. The maximum Gasteiger partial charge on any atom is 0.337 e. The number of carboxylic acid groups (broad SMARTS) is 1. The topological polar surface area (TPSA) is 85.2 Å². The van der Waals surface area contributed by atoms with Gasteiger partial charge in [-0.15, -0.1) is 11.3 Å². The third kappa shape index (κ3) is 3.10. The van der Waals surface area contributed by atoms with Gasteiger partial charge >= 0.3 is 5.97 Å². The van der Waals surface area contributed by atoms with Crippen LogP contribution in [-0.4, -0.2) is 31.4 Å². The van der Waals surface area contributed by atoms with Gasteiger partial charge in [-0.2, -0.15) is 8.75 Å². The number of aromatic nitrogens is 3. The van der Waals surface area contributed by atoms with Crippen molar-refractivity contribution in [2.24, 2.45) is 0 Å². The largest absolute Gasteiger partial charge is 0.479 e. The van der Waals surface area contributed by atoms with Crippen LogP contribution in [0.4, 0.5) is 0 Å². The van der Waals surface area contributed by atoms with Crippen molar-refractivity contribution in [1.82, 2.24) is 13.7 Å². The van der Waals surface area contributed by atoms with Crippen molar-refractivity contribution < 1.29 is 14.6 Å². The summed E-state index contributed by atoms with van der Waals surface area (Å²) in [7, 11) is 0. The summed E-state index contributed by atoms with van der Waals surface area (Å²) in [6, 6.07) is 5.97. The van der Waals surface area contributed by atoms with Crippen LogP contribution in [0.1, 0.15) is 47.6 Å². The van der Waals surface area contributed by atoms with E-state index in [-0.39, 0.29) is 0 Å². The minimum atomic E-state index is -1.06. The van der Waals surface area contributed by atoms with E-state index in [1.165, 1.54) is 28.6 Å². The molecule has 0 saturated carbocycles. The molecular formula is C22H21N3O3S2. The number of carbonyl (C=O) groups is 1. The predicted octanol–water partition coefficient (Wildman–Crippen LogP) is 5.32. The number of hydrogen-bond acceptors (Lipinski definition) is 7. The van der Waals surface area contributed by atoms with E-state index in [0.29, 0.717) is 17.9 Å². The summed E-state index contributed by atoms with van der Waals surface area (Å²) < 4.78 is 14.4. The van der Waals surface area contributed by atoms with Crippen LogP contribution in [-0.2, 0) is 22.4 Å². The Hall–Kier alpha value is -2.42. The number of fused-ring (bicyclic) bond motifs is 4. The van der Waals surface area contributed by atoms with Crippen LogP contribution in [0.5, 0.6) is 0 Å². The first kappa shape index (κ1) is 19.5. The standard InChI is InChI=1S/C22H21N3O3S2/c1-3-28-20(22(26)27)17-11(2)23-21-19(13-6-4-5-7-16(13)29-21)18(17)12-8-9-14-15(10-12)25-30-24-14/h8-10,20H,3-7H2,1-2H3,(H,26,27). The second-order valence-corrected chi connectivity index (χ2v) is 9.13. The summed E-state index contributed by atoms with van der Waals surface area (Å²) in [6.07, 6.45) is 3.33. The van der Waals surface area contributed by atoms with Gasteiger partial charge in [0.25, 0.3) is 0 Å². The van der Waals surface area contributed by atoms with E-state index in [1.54, 1.807) is 11.3 Å². The first-order chi connectivity index (χ1) is 14.6. The van der Waals surface area contributed by atoms with Crippen molar-refractivity contribution in [3.8, 4) is 11.1 Å². The van der Waals surface area contributed by atoms with E-state index in [1.807, 2.05) is 32.0 Å². The Morgan fingerprint density at radius 2 is 2.03 bits per heavy atom. The van der Waals surface area contributed by atoms with Crippen LogP contribution >= 0.6 is 23.1 Å². The summed E-state index contributed by atoms with van der Waals surface area (Å²) in [5.74, 6) is -0.997. The zero-order valence-corrected chi connectivity index (χ0v) is 18.4. The molecule has 1 aromatic carbocycles. The average Bonchev–Trinajstić information content (AvgIpc) is 3.34. The number of carboxylic acids is 1. The minimum Gasteiger partial charge on any atom is -0.479 e. The maximum absolute atomic E-state index is 12.2. The van der Waals surface area contributed by atoms with E-state index in [0.717, 1.165) is 51.6 Å². The molecule has 0 saturated heterocycles. The van der Waals surface area contributed by atoms with Crippen molar-refractivity contribution >= 4 is 50.3 Å². The molecule has 1 atom stereocenters.